The van der Waals surface area contributed by atoms with E-state index in [9.17, 15) is 9.90 Å². The van der Waals surface area contributed by atoms with Crippen molar-refractivity contribution >= 4 is 5.91 Å². The predicted octanol–water partition coefficient (Wildman–Crippen LogP) is 2.33. The first-order valence-corrected chi connectivity index (χ1v) is 6.71. The summed E-state index contributed by atoms with van der Waals surface area (Å²) in [5.74, 6) is -0.156. The summed E-state index contributed by atoms with van der Waals surface area (Å²) in [5, 5.41) is 12.3. The van der Waals surface area contributed by atoms with Gasteiger partial charge in [-0.05, 0) is 31.0 Å². The summed E-state index contributed by atoms with van der Waals surface area (Å²) in [6.45, 7) is 1.96. The summed E-state index contributed by atoms with van der Waals surface area (Å²) in [4.78, 5) is 12.0. The Morgan fingerprint density at radius 1 is 1.10 bits per heavy atom. The molecule has 0 spiro atoms. The van der Waals surface area contributed by atoms with Crippen LogP contribution in [0.4, 0.5) is 0 Å². The molecule has 0 aliphatic carbocycles. The van der Waals surface area contributed by atoms with Gasteiger partial charge in [-0.2, -0.15) is 0 Å². The quantitative estimate of drug-likeness (QED) is 0.875. The summed E-state index contributed by atoms with van der Waals surface area (Å²) in [6, 6.07) is 16.9. The Balaban J connectivity index is 1.99. The molecule has 2 aromatic carbocycles. The van der Waals surface area contributed by atoms with Crippen molar-refractivity contribution in [1.82, 2.24) is 5.32 Å². The minimum absolute atomic E-state index is 0.0769. The highest BCUT2D eigenvalue weighted by atomic mass is 16.3. The zero-order chi connectivity index (χ0) is 14.4. The highest BCUT2D eigenvalue weighted by Gasteiger charge is 2.13. The summed E-state index contributed by atoms with van der Waals surface area (Å²) in [7, 11) is 0. The van der Waals surface area contributed by atoms with Crippen molar-refractivity contribution in [3.63, 3.8) is 0 Å². The number of hydrogen-bond acceptors (Lipinski definition) is 2. The van der Waals surface area contributed by atoms with Crippen LogP contribution in [0.15, 0.2) is 54.6 Å². The van der Waals surface area contributed by atoms with Crippen LogP contribution < -0.4 is 5.32 Å². The molecule has 1 amide bonds. The number of carbonyl (C=O) groups excluding carboxylic acids is 1. The van der Waals surface area contributed by atoms with E-state index in [0.717, 1.165) is 5.56 Å². The highest BCUT2D eigenvalue weighted by Crippen LogP contribution is 2.07. The lowest BCUT2D eigenvalue weighted by molar-refractivity contribution is 0.0916. The van der Waals surface area contributed by atoms with Gasteiger partial charge in [-0.3, -0.25) is 4.79 Å². The maximum absolute atomic E-state index is 12.0. The van der Waals surface area contributed by atoms with E-state index in [0.29, 0.717) is 12.0 Å². The summed E-state index contributed by atoms with van der Waals surface area (Å²) in [6.07, 6.45) is 0.620. The molecule has 2 aromatic rings. The first kappa shape index (κ1) is 14.3. The minimum Gasteiger partial charge on any atom is -0.394 e. The van der Waals surface area contributed by atoms with Crippen molar-refractivity contribution in [1.29, 1.82) is 0 Å². The lowest BCUT2D eigenvalue weighted by Crippen LogP contribution is -2.39. The van der Waals surface area contributed by atoms with Gasteiger partial charge in [0.25, 0.3) is 5.91 Å². The third-order valence-corrected chi connectivity index (χ3v) is 3.19. The largest absolute Gasteiger partial charge is 0.394 e. The fraction of sp³-hybridized carbons (Fsp3) is 0.235. The zero-order valence-electron chi connectivity index (χ0n) is 11.5. The molecular formula is C17H19NO2. The van der Waals surface area contributed by atoms with Crippen LogP contribution in [0.3, 0.4) is 0 Å². The number of aryl methyl sites for hydroxylation is 1. The number of nitrogens with one attached hydrogen (secondary N) is 1. The third-order valence-electron chi connectivity index (χ3n) is 3.19. The number of carbonyl (C=O) groups is 1. The van der Waals surface area contributed by atoms with E-state index < -0.39 is 0 Å². The van der Waals surface area contributed by atoms with Crippen molar-refractivity contribution in [2.45, 2.75) is 19.4 Å². The smallest absolute Gasteiger partial charge is 0.251 e. The van der Waals surface area contributed by atoms with Crippen molar-refractivity contribution < 1.29 is 9.90 Å². The Hall–Kier alpha value is -2.13. The number of aliphatic hydroxyl groups excluding tert-OH is 1. The molecule has 1 atom stereocenters. The van der Waals surface area contributed by atoms with Gasteiger partial charge < -0.3 is 10.4 Å². The molecule has 104 valence electrons. The Morgan fingerprint density at radius 3 is 2.35 bits per heavy atom. The Labute approximate surface area is 119 Å². The number of hydrogen-bond donors (Lipinski definition) is 2. The molecule has 3 nitrogen and oxygen atoms in total. The van der Waals surface area contributed by atoms with E-state index in [1.807, 2.05) is 49.4 Å². The first-order valence-electron chi connectivity index (χ1n) is 6.71. The van der Waals surface area contributed by atoms with Crippen LogP contribution in [0, 0.1) is 6.92 Å². The Morgan fingerprint density at radius 2 is 1.75 bits per heavy atom. The van der Waals surface area contributed by atoms with Gasteiger partial charge in [0.15, 0.2) is 0 Å². The van der Waals surface area contributed by atoms with Crippen molar-refractivity contribution in [2.24, 2.45) is 0 Å². The monoisotopic (exact) mass is 269 g/mol. The SMILES string of the molecule is Cc1ccc(CC(CO)NC(=O)c2ccccc2)cc1. The summed E-state index contributed by atoms with van der Waals surface area (Å²) in [5.41, 5.74) is 2.90. The predicted molar refractivity (Wildman–Crippen MR) is 79.7 cm³/mol. The van der Waals surface area contributed by atoms with Gasteiger partial charge in [0.2, 0.25) is 0 Å². The molecule has 0 aliphatic rings. The normalized spacial score (nSPS) is 11.9. The minimum atomic E-state index is -0.273. The van der Waals surface area contributed by atoms with Crippen LogP contribution in [0.5, 0.6) is 0 Å². The van der Waals surface area contributed by atoms with Crippen LogP contribution in [0.2, 0.25) is 0 Å². The molecule has 1 unspecified atom stereocenters. The average Bonchev–Trinajstić information content (AvgIpc) is 2.49. The van der Waals surface area contributed by atoms with E-state index in [1.54, 1.807) is 12.1 Å². The average molecular weight is 269 g/mol. The van der Waals surface area contributed by atoms with E-state index in [1.165, 1.54) is 5.56 Å². The van der Waals surface area contributed by atoms with Gasteiger partial charge in [0.1, 0.15) is 0 Å². The molecule has 0 bridgehead atoms. The lowest BCUT2D eigenvalue weighted by atomic mass is 10.0. The second kappa shape index (κ2) is 6.87. The van der Waals surface area contributed by atoms with Crippen LogP contribution >= 0.6 is 0 Å². The molecule has 0 saturated heterocycles. The molecule has 0 saturated carbocycles. The molecule has 0 aromatic heterocycles. The molecule has 0 radical (unpaired) electrons. The number of rotatable bonds is 5. The van der Waals surface area contributed by atoms with E-state index in [2.05, 4.69) is 5.32 Å². The van der Waals surface area contributed by atoms with Gasteiger partial charge in [-0.1, -0.05) is 48.0 Å². The van der Waals surface area contributed by atoms with E-state index >= 15 is 0 Å². The number of amides is 1. The van der Waals surface area contributed by atoms with Crippen LogP contribution in [0.25, 0.3) is 0 Å². The fourth-order valence-corrected chi connectivity index (χ4v) is 2.03. The highest BCUT2D eigenvalue weighted by molar-refractivity contribution is 5.94. The fourth-order valence-electron chi connectivity index (χ4n) is 2.03. The van der Waals surface area contributed by atoms with Crippen LogP contribution in [0.1, 0.15) is 21.5 Å². The van der Waals surface area contributed by atoms with Gasteiger partial charge in [0.05, 0.1) is 12.6 Å². The second-order valence-corrected chi connectivity index (χ2v) is 4.91. The number of benzene rings is 2. The molecule has 20 heavy (non-hydrogen) atoms. The summed E-state index contributed by atoms with van der Waals surface area (Å²) >= 11 is 0. The second-order valence-electron chi connectivity index (χ2n) is 4.91. The lowest BCUT2D eigenvalue weighted by Gasteiger charge is -2.16. The molecule has 2 N–H and O–H groups in total. The van der Waals surface area contributed by atoms with Gasteiger partial charge in [-0.25, -0.2) is 0 Å². The maximum atomic E-state index is 12.0. The number of aliphatic hydroxyl groups is 1. The van der Waals surface area contributed by atoms with Crippen molar-refractivity contribution in [3.8, 4) is 0 Å². The standard InChI is InChI=1S/C17H19NO2/c1-13-7-9-14(10-8-13)11-16(12-19)18-17(20)15-5-3-2-4-6-15/h2-10,16,19H,11-12H2,1H3,(H,18,20). The van der Waals surface area contributed by atoms with Crippen LogP contribution in [-0.4, -0.2) is 23.7 Å². The molecule has 3 heteroatoms. The molecular weight excluding hydrogens is 250 g/mol. The van der Waals surface area contributed by atoms with Gasteiger partial charge >= 0.3 is 0 Å². The van der Waals surface area contributed by atoms with Gasteiger partial charge in [0, 0.05) is 5.56 Å². The van der Waals surface area contributed by atoms with E-state index in [-0.39, 0.29) is 18.6 Å². The van der Waals surface area contributed by atoms with Gasteiger partial charge in [-0.15, -0.1) is 0 Å². The van der Waals surface area contributed by atoms with E-state index in [4.69, 9.17) is 0 Å². The first-order chi connectivity index (χ1) is 9.69. The molecule has 0 fully saturated rings. The third kappa shape index (κ3) is 3.93. The summed E-state index contributed by atoms with van der Waals surface area (Å²) < 4.78 is 0. The van der Waals surface area contributed by atoms with Crippen molar-refractivity contribution in [2.75, 3.05) is 6.61 Å². The Kier molecular flexibility index (Phi) is 4.91. The zero-order valence-corrected chi connectivity index (χ0v) is 11.5. The van der Waals surface area contributed by atoms with Crippen LogP contribution in [-0.2, 0) is 6.42 Å². The van der Waals surface area contributed by atoms with Crippen molar-refractivity contribution in [3.05, 3.63) is 71.3 Å². The maximum Gasteiger partial charge on any atom is 0.251 e. The molecule has 0 aliphatic heterocycles. The molecule has 2 rings (SSSR count). The topological polar surface area (TPSA) is 49.3 Å². The Bertz CT molecular complexity index is 549. The molecule has 0 heterocycles.